The Morgan fingerprint density at radius 1 is 1.20 bits per heavy atom. The van der Waals surface area contributed by atoms with Crippen molar-refractivity contribution in [3.05, 3.63) is 0 Å². The third kappa shape index (κ3) is 3.72. The van der Waals surface area contributed by atoms with Gasteiger partial charge in [-0.2, -0.15) is 11.8 Å². The summed E-state index contributed by atoms with van der Waals surface area (Å²) in [6.45, 7) is 0.867. The summed E-state index contributed by atoms with van der Waals surface area (Å²) in [5, 5.41) is 10.6. The predicted molar refractivity (Wildman–Crippen MR) is 85.2 cm³/mol. The predicted octanol–water partition coefficient (Wildman–Crippen LogP) is 4.01. The van der Waals surface area contributed by atoms with Crippen molar-refractivity contribution in [1.29, 1.82) is 0 Å². The zero-order valence-electron chi connectivity index (χ0n) is 12.7. The van der Waals surface area contributed by atoms with Gasteiger partial charge in [0.25, 0.3) is 0 Å². The van der Waals surface area contributed by atoms with Crippen LogP contribution in [0.1, 0.15) is 64.2 Å². The second-order valence-electron chi connectivity index (χ2n) is 7.24. The number of ether oxygens (including phenoxy) is 1. The van der Waals surface area contributed by atoms with Crippen molar-refractivity contribution in [2.24, 2.45) is 11.8 Å². The van der Waals surface area contributed by atoms with E-state index in [9.17, 15) is 5.11 Å². The van der Waals surface area contributed by atoms with Gasteiger partial charge in [0.1, 0.15) is 0 Å². The highest BCUT2D eigenvalue weighted by molar-refractivity contribution is 7.99. The van der Waals surface area contributed by atoms with Gasteiger partial charge in [-0.1, -0.05) is 32.1 Å². The SMILES string of the molecule is OC(CCC1CCCCC1)C1CCOC2(CCSC2)C1. The minimum absolute atomic E-state index is 0.0803. The molecule has 116 valence electrons. The van der Waals surface area contributed by atoms with Crippen molar-refractivity contribution in [3.8, 4) is 0 Å². The van der Waals surface area contributed by atoms with Crippen molar-refractivity contribution in [1.82, 2.24) is 0 Å². The lowest BCUT2D eigenvalue weighted by Gasteiger charge is -2.39. The van der Waals surface area contributed by atoms with Gasteiger partial charge in [0, 0.05) is 12.4 Å². The Labute approximate surface area is 128 Å². The molecule has 1 saturated carbocycles. The molecular formula is C17H30O2S. The summed E-state index contributed by atoms with van der Waals surface area (Å²) in [4.78, 5) is 0. The topological polar surface area (TPSA) is 29.5 Å². The van der Waals surface area contributed by atoms with Crippen molar-refractivity contribution < 1.29 is 9.84 Å². The largest absolute Gasteiger partial charge is 0.393 e. The molecule has 1 aliphatic carbocycles. The molecule has 2 nitrogen and oxygen atoms in total. The second kappa shape index (κ2) is 7.02. The number of aliphatic hydroxyl groups excluding tert-OH is 1. The quantitative estimate of drug-likeness (QED) is 0.850. The summed E-state index contributed by atoms with van der Waals surface area (Å²) in [5.41, 5.74) is 0.124. The third-order valence-corrected chi connectivity index (χ3v) is 6.96. The van der Waals surface area contributed by atoms with Crippen LogP contribution >= 0.6 is 11.8 Å². The average molecular weight is 298 g/mol. The van der Waals surface area contributed by atoms with E-state index in [1.165, 1.54) is 50.7 Å². The number of rotatable bonds is 4. The molecule has 3 fully saturated rings. The Balaban J connectivity index is 1.45. The van der Waals surface area contributed by atoms with Gasteiger partial charge in [-0.15, -0.1) is 0 Å². The molecule has 1 spiro atoms. The first kappa shape index (κ1) is 15.2. The first-order valence-electron chi connectivity index (χ1n) is 8.67. The van der Waals surface area contributed by atoms with Crippen molar-refractivity contribution >= 4 is 11.8 Å². The van der Waals surface area contributed by atoms with Gasteiger partial charge >= 0.3 is 0 Å². The summed E-state index contributed by atoms with van der Waals surface area (Å²) in [6.07, 6.45) is 12.6. The van der Waals surface area contributed by atoms with Crippen LogP contribution in [0.25, 0.3) is 0 Å². The van der Waals surface area contributed by atoms with Gasteiger partial charge in [0.05, 0.1) is 11.7 Å². The first-order valence-corrected chi connectivity index (χ1v) is 9.83. The normalized spacial score (nSPS) is 37.4. The molecule has 3 unspecified atom stereocenters. The maximum Gasteiger partial charge on any atom is 0.0783 e. The van der Waals surface area contributed by atoms with Crippen LogP contribution in [-0.2, 0) is 4.74 Å². The van der Waals surface area contributed by atoms with E-state index in [1.807, 2.05) is 11.8 Å². The zero-order chi connectivity index (χ0) is 13.8. The highest BCUT2D eigenvalue weighted by Gasteiger charge is 2.42. The van der Waals surface area contributed by atoms with Gasteiger partial charge in [-0.05, 0) is 49.7 Å². The molecule has 2 heterocycles. The van der Waals surface area contributed by atoms with E-state index in [2.05, 4.69) is 0 Å². The standard InChI is InChI=1S/C17H30O2S/c18-16(7-6-14-4-2-1-3-5-14)15-8-10-19-17(12-15)9-11-20-13-17/h14-16,18H,1-13H2. The molecule has 3 rings (SSSR count). The van der Waals surface area contributed by atoms with Crippen LogP contribution in [0.2, 0.25) is 0 Å². The molecule has 20 heavy (non-hydrogen) atoms. The maximum absolute atomic E-state index is 10.6. The molecule has 2 saturated heterocycles. The van der Waals surface area contributed by atoms with Crippen molar-refractivity contribution in [2.75, 3.05) is 18.1 Å². The zero-order valence-corrected chi connectivity index (χ0v) is 13.5. The van der Waals surface area contributed by atoms with Gasteiger partial charge < -0.3 is 9.84 Å². The summed E-state index contributed by atoms with van der Waals surface area (Å²) in [7, 11) is 0. The van der Waals surface area contributed by atoms with Crippen LogP contribution in [0.5, 0.6) is 0 Å². The molecule has 1 N–H and O–H groups in total. The van der Waals surface area contributed by atoms with Crippen molar-refractivity contribution in [2.45, 2.75) is 75.9 Å². The van der Waals surface area contributed by atoms with Crippen LogP contribution in [0.3, 0.4) is 0 Å². The van der Waals surface area contributed by atoms with E-state index < -0.39 is 0 Å². The van der Waals surface area contributed by atoms with Crippen LogP contribution in [0, 0.1) is 11.8 Å². The van der Waals surface area contributed by atoms with E-state index in [4.69, 9.17) is 4.74 Å². The Hall–Kier alpha value is 0.270. The molecule has 0 aromatic carbocycles. The van der Waals surface area contributed by atoms with Crippen LogP contribution in [0.15, 0.2) is 0 Å². The molecular weight excluding hydrogens is 268 g/mol. The fourth-order valence-electron chi connectivity index (χ4n) is 4.38. The van der Waals surface area contributed by atoms with Gasteiger partial charge in [-0.3, -0.25) is 0 Å². The molecule has 0 aromatic heterocycles. The third-order valence-electron chi connectivity index (χ3n) is 5.74. The molecule has 2 aliphatic heterocycles. The first-order chi connectivity index (χ1) is 9.77. The number of aliphatic hydroxyl groups is 1. The Morgan fingerprint density at radius 2 is 2.05 bits per heavy atom. The fraction of sp³-hybridized carbons (Fsp3) is 1.00. The Bertz CT molecular complexity index is 295. The molecule has 3 heteroatoms. The monoisotopic (exact) mass is 298 g/mol. The maximum atomic E-state index is 10.6. The molecule has 3 atom stereocenters. The van der Waals surface area contributed by atoms with E-state index >= 15 is 0 Å². The highest BCUT2D eigenvalue weighted by atomic mass is 32.2. The molecule has 0 amide bonds. The lowest BCUT2D eigenvalue weighted by Crippen LogP contribution is -2.43. The Morgan fingerprint density at radius 3 is 2.80 bits per heavy atom. The lowest BCUT2D eigenvalue weighted by molar-refractivity contribution is -0.102. The van der Waals surface area contributed by atoms with Crippen molar-refractivity contribution in [3.63, 3.8) is 0 Å². The lowest BCUT2D eigenvalue weighted by atomic mass is 9.79. The van der Waals surface area contributed by atoms with Gasteiger partial charge in [0.2, 0.25) is 0 Å². The summed E-state index contributed by atoms with van der Waals surface area (Å²) in [5.74, 6) is 3.78. The second-order valence-corrected chi connectivity index (χ2v) is 8.34. The van der Waals surface area contributed by atoms with E-state index in [1.54, 1.807) is 0 Å². The number of hydrogen-bond acceptors (Lipinski definition) is 3. The fourth-order valence-corrected chi connectivity index (χ4v) is 5.75. The van der Waals surface area contributed by atoms with E-state index in [0.29, 0.717) is 5.92 Å². The van der Waals surface area contributed by atoms with E-state index in [0.717, 1.165) is 37.5 Å². The van der Waals surface area contributed by atoms with Crippen LogP contribution < -0.4 is 0 Å². The highest BCUT2D eigenvalue weighted by Crippen LogP contribution is 2.42. The number of hydrogen-bond donors (Lipinski definition) is 1. The minimum Gasteiger partial charge on any atom is -0.393 e. The number of thioether (sulfide) groups is 1. The average Bonchev–Trinajstić information content (AvgIpc) is 2.93. The smallest absolute Gasteiger partial charge is 0.0783 e. The minimum atomic E-state index is -0.0803. The molecule has 3 aliphatic rings. The van der Waals surface area contributed by atoms with Crippen LogP contribution in [-0.4, -0.2) is 34.9 Å². The van der Waals surface area contributed by atoms with E-state index in [-0.39, 0.29) is 11.7 Å². The molecule has 0 radical (unpaired) electrons. The summed E-state index contributed by atoms with van der Waals surface area (Å²) < 4.78 is 6.07. The Kier molecular flexibility index (Phi) is 5.33. The van der Waals surface area contributed by atoms with Crippen LogP contribution in [0.4, 0.5) is 0 Å². The van der Waals surface area contributed by atoms with Gasteiger partial charge in [0.15, 0.2) is 0 Å². The summed E-state index contributed by atoms with van der Waals surface area (Å²) in [6, 6.07) is 0. The van der Waals surface area contributed by atoms with Gasteiger partial charge in [-0.25, -0.2) is 0 Å². The molecule has 0 aromatic rings. The summed E-state index contributed by atoms with van der Waals surface area (Å²) >= 11 is 2.02. The molecule has 0 bridgehead atoms.